The monoisotopic (exact) mass is 367 g/mol. The third-order valence-corrected chi connectivity index (χ3v) is 4.51. The number of nitrogens with zero attached hydrogens (tertiary/aromatic N) is 2. The van der Waals surface area contributed by atoms with Crippen molar-refractivity contribution in [3.05, 3.63) is 65.4 Å². The molecule has 6 heteroatoms. The molecule has 0 bridgehead atoms. The SMILES string of the molecule is Cc1ccc(-c2nc(CC(=O)NCC(c3ccco3)N(C)C)c(C)o2)cc1. The highest BCUT2D eigenvalue weighted by atomic mass is 16.4. The van der Waals surface area contributed by atoms with E-state index in [-0.39, 0.29) is 18.4 Å². The van der Waals surface area contributed by atoms with Crippen LogP contribution in [0.5, 0.6) is 0 Å². The number of carbonyl (C=O) groups is 1. The van der Waals surface area contributed by atoms with Crippen molar-refractivity contribution in [3.63, 3.8) is 0 Å². The Morgan fingerprint density at radius 2 is 1.93 bits per heavy atom. The molecule has 1 N–H and O–H groups in total. The first-order chi connectivity index (χ1) is 12.9. The van der Waals surface area contributed by atoms with Crippen LogP contribution in [0.3, 0.4) is 0 Å². The van der Waals surface area contributed by atoms with Gasteiger partial charge in [0.15, 0.2) is 0 Å². The van der Waals surface area contributed by atoms with Crippen molar-refractivity contribution in [1.82, 2.24) is 15.2 Å². The van der Waals surface area contributed by atoms with Crippen LogP contribution in [0.15, 0.2) is 51.5 Å². The van der Waals surface area contributed by atoms with E-state index in [2.05, 4.69) is 10.3 Å². The predicted molar refractivity (Wildman–Crippen MR) is 103 cm³/mol. The van der Waals surface area contributed by atoms with Gasteiger partial charge in [-0.15, -0.1) is 0 Å². The molecule has 6 nitrogen and oxygen atoms in total. The Kier molecular flexibility index (Phi) is 5.76. The molecule has 0 saturated carbocycles. The summed E-state index contributed by atoms with van der Waals surface area (Å²) >= 11 is 0. The number of hydrogen-bond donors (Lipinski definition) is 1. The van der Waals surface area contributed by atoms with Gasteiger partial charge in [-0.2, -0.15) is 0 Å². The Bertz CT molecular complexity index is 880. The Labute approximate surface area is 159 Å². The quantitative estimate of drug-likeness (QED) is 0.692. The molecule has 0 fully saturated rings. The van der Waals surface area contributed by atoms with E-state index >= 15 is 0 Å². The van der Waals surface area contributed by atoms with Gasteiger partial charge in [-0.05, 0) is 52.2 Å². The van der Waals surface area contributed by atoms with E-state index in [1.165, 1.54) is 5.56 Å². The van der Waals surface area contributed by atoms with Crippen molar-refractivity contribution < 1.29 is 13.6 Å². The normalized spacial score (nSPS) is 12.3. The number of carbonyl (C=O) groups excluding carboxylic acids is 1. The van der Waals surface area contributed by atoms with Crippen LogP contribution in [0.1, 0.15) is 28.8 Å². The molecule has 0 radical (unpaired) electrons. The molecule has 27 heavy (non-hydrogen) atoms. The summed E-state index contributed by atoms with van der Waals surface area (Å²) in [6.07, 6.45) is 1.82. The average molecular weight is 367 g/mol. The first-order valence-corrected chi connectivity index (χ1v) is 8.94. The standard InChI is InChI=1S/C21H25N3O3/c1-14-7-9-16(10-8-14)21-23-17(15(2)27-21)12-20(25)22-13-18(24(3)4)19-6-5-11-26-19/h5-11,18H,12-13H2,1-4H3,(H,22,25). The van der Waals surface area contributed by atoms with Gasteiger partial charge in [0.05, 0.1) is 24.4 Å². The lowest BCUT2D eigenvalue weighted by Gasteiger charge is -2.22. The maximum Gasteiger partial charge on any atom is 0.226 e. The highest BCUT2D eigenvalue weighted by Crippen LogP contribution is 2.22. The zero-order valence-electron chi connectivity index (χ0n) is 16.2. The average Bonchev–Trinajstić information content (AvgIpc) is 3.26. The van der Waals surface area contributed by atoms with Gasteiger partial charge < -0.3 is 14.2 Å². The molecule has 142 valence electrons. The van der Waals surface area contributed by atoms with Crippen LogP contribution in [0.4, 0.5) is 0 Å². The van der Waals surface area contributed by atoms with Gasteiger partial charge in [0.25, 0.3) is 0 Å². The number of rotatable bonds is 7. The summed E-state index contributed by atoms with van der Waals surface area (Å²) in [5.74, 6) is 1.92. The molecule has 0 aliphatic heterocycles. The molecule has 0 saturated heterocycles. The van der Waals surface area contributed by atoms with E-state index < -0.39 is 0 Å². The van der Waals surface area contributed by atoms with Gasteiger partial charge in [-0.1, -0.05) is 17.7 Å². The van der Waals surface area contributed by atoms with Crippen molar-refractivity contribution >= 4 is 5.91 Å². The number of oxazole rings is 1. The number of aromatic nitrogens is 1. The number of benzene rings is 1. The van der Waals surface area contributed by atoms with Crippen LogP contribution in [0.25, 0.3) is 11.5 Å². The van der Waals surface area contributed by atoms with Crippen molar-refractivity contribution in [1.29, 1.82) is 0 Å². The molecular weight excluding hydrogens is 342 g/mol. The number of nitrogens with one attached hydrogen (secondary N) is 1. The molecule has 1 unspecified atom stereocenters. The molecule has 3 aromatic rings. The minimum Gasteiger partial charge on any atom is -0.468 e. The third-order valence-electron chi connectivity index (χ3n) is 4.51. The maximum atomic E-state index is 12.4. The smallest absolute Gasteiger partial charge is 0.226 e. The van der Waals surface area contributed by atoms with E-state index in [0.29, 0.717) is 23.9 Å². The fourth-order valence-corrected chi connectivity index (χ4v) is 2.86. The van der Waals surface area contributed by atoms with Crippen LogP contribution < -0.4 is 5.32 Å². The Hall–Kier alpha value is -2.86. The van der Waals surface area contributed by atoms with Crippen molar-refractivity contribution in [3.8, 4) is 11.5 Å². The summed E-state index contributed by atoms with van der Waals surface area (Å²) in [5, 5.41) is 2.96. The lowest BCUT2D eigenvalue weighted by atomic mass is 10.1. The van der Waals surface area contributed by atoms with Crippen LogP contribution in [0, 0.1) is 13.8 Å². The highest BCUT2D eigenvalue weighted by molar-refractivity contribution is 5.78. The Morgan fingerprint density at radius 1 is 1.19 bits per heavy atom. The predicted octanol–water partition coefficient (Wildman–Crippen LogP) is 3.51. The first-order valence-electron chi connectivity index (χ1n) is 8.94. The molecule has 0 aliphatic rings. The van der Waals surface area contributed by atoms with Crippen LogP contribution >= 0.6 is 0 Å². The highest BCUT2D eigenvalue weighted by Gasteiger charge is 2.19. The Morgan fingerprint density at radius 3 is 2.56 bits per heavy atom. The molecule has 0 aliphatic carbocycles. The van der Waals surface area contributed by atoms with E-state index in [9.17, 15) is 4.79 Å². The van der Waals surface area contributed by atoms with E-state index in [1.54, 1.807) is 6.26 Å². The van der Waals surface area contributed by atoms with Gasteiger partial charge >= 0.3 is 0 Å². The number of hydrogen-bond acceptors (Lipinski definition) is 5. The van der Waals surface area contributed by atoms with Crippen molar-refractivity contribution in [2.24, 2.45) is 0 Å². The second-order valence-electron chi connectivity index (χ2n) is 6.86. The summed E-state index contributed by atoms with van der Waals surface area (Å²) in [7, 11) is 3.91. The van der Waals surface area contributed by atoms with Gasteiger partial charge in [0, 0.05) is 12.1 Å². The number of amides is 1. The summed E-state index contributed by atoms with van der Waals surface area (Å²) in [6, 6.07) is 11.7. The number of furan rings is 1. The molecule has 1 amide bonds. The molecule has 1 atom stereocenters. The van der Waals surface area contributed by atoms with Gasteiger partial charge in [-0.3, -0.25) is 9.69 Å². The van der Waals surface area contributed by atoms with E-state index in [0.717, 1.165) is 11.3 Å². The summed E-state index contributed by atoms with van der Waals surface area (Å²) in [6.45, 7) is 4.32. The van der Waals surface area contributed by atoms with E-state index in [4.69, 9.17) is 8.83 Å². The topological polar surface area (TPSA) is 71.5 Å². The van der Waals surface area contributed by atoms with Crippen LogP contribution in [0.2, 0.25) is 0 Å². The van der Waals surface area contributed by atoms with Gasteiger partial charge in [0.1, 0.15) is 11.5 Å². The lowest BCUT2D eigenvalue weighted by Crippen LogP contribution is -2.35. The summed E-state index contributed by atoms with van der Waals surface area (Å²) in [5.41, 5.74) is 2.73. The first kappa shape index (κ1) is 18.9. The summed E-state index contributed by atoms with van der Waals surface area (Å²) in [4.78, 5) is 18.9. The minimum atomic E-state index is -0.0970. The fraction of sp³-hybridized carbons (Fsp3) is 0.333. The van der Waals surface area contributed by atoms with Crippen molar-refractivity contribution in [2.45, 2.75) is 26.3 Å². The molecule has 3 rings (SSSR count). The number of aryl methyl sites for hydroxylation is 2. The molecule has 1 aromatic carbocycles. The maximum absolute atomic E-state index is 12.4. The van der Waals surface area contributed by atoms with E-state index in [1.807, 2.05) is 69.2 Å². The largest absolute Gasteiger partial charge is 0.468 e. The van der Waals surface area contributed by atoms with Crippen molar-refractivity contribution in [2.75, 3.05) is 20.6 Å². The number of likely N-dealkylation sites (N-methyl/N-ethyl adjacent to an activating group) is 1. The minimum absolute atomic E-state index is 0.0227. The fourth-order valence-electron chi connectivity index (χ4n) is 2.86. The second-order valence-corrected chi connectivity index (χ2v) is 6.86. The lowest BCUT2D eigenvalue weighted by molar-refractivity contribution is -0.120. The molecule has 2 heterocycles. The van der Waals surface area contributed by atoms with Crippen LogP contribution in [-0.4, -0.2) is 36.4 Å². The van der Waals surface area contributed by atoms with Crippen LogP contribution in [-0.2, 0) is 11.2 Å². The zero-order chi connectivity index (χ0) is 19.4. The molecule has 0 spiro atoms. The molecular formula is C21H25N3O3. The summed E-state index contributed by atoms with van der Waals surface area (Å²) < 4.78 is 11.2. The third kappa shape index (κ3) is 4.65. The van der Waals surface area contributed by atoms with Gasteiger partial charge in [0.2, 0.25) is 11.8 Å². The Balaban J connectivity index is 1.63. The zero-order valence-corrected chi connectivity index (χ0v) is 16.2. The second kappa shape index (κ2) is 8.22. The molecule has 2 aromatic heterocycles. The van der Waals surface area contributed by atoms with Gasteiger partial charge in [-0.25, -0.2) is 4.98 Å².